The van der Waals surface area contributed by atoms with E-state index in [2.05, 4.69) is 15.8 Å². The second-order valence-electron chi connectivity index (χ2n) is 8.76. The molecular formula is C29H26ClN5O6. The summed E-state index contributed by atoms with van der Waals surface area (Å²) >= 11 is 6.07. The maximum atomic E-state index is 13.0. The number of para-hydroxylation sites is 1. The summed E-state index contributed by atoms with van der Waals surface area (Å²) in [7, 11) is 3.08. The summed E-state index contributed by atoms with van der Waals surface area (Å²) in [5, 5.41) is 6.62. The molecule has 2 amide bonds. The number of rotatable bonds is 7. The Hall–Kier alpha value is -5.16. The first kappa shape index (κ1) is 28.8. The molecule has 4 rings (SSSR count). The lowest BCUT2D eigenvalue weighted by molar-refractivity contribution is -0.136. The number of methoxy groups -OCH3 is 1. The van der Waals surface area contributed by atoms with Gasteiger partial charge in [0.05, 0.1) is 34.8 Å². The minimum Gasteiger partial charge on any atom is -0.493 e. The average molecular weight is 576 g/mol. The predicted octanol–water partition coefficient (Wildman–Crippen LogP) is 3.84. The highest BCUT2D eigenvalue weighted by Gasteiger charge is 2.22. The molecule has 3 aromatic carbocycles. The summed E-state index contributed by atoms with van der Waals surface area (Å²) in [6.07, 6.45) is 0. The van der Waals surface area contributed by atoms with Gasteiger partial charge in [-0.15, -0.1) is 0 Å². The SMILES string of the molecule is COc1cc(/C(C)=N/NC(=O)C(=O)Nc2c(C)n(C)n(-c3ccccc3)c2=O)ccc1OC(=O)c1ccccc1Cl. The Morgan fingerprint density at radius 2 is 1.61 bits per heavy atom. The summed E-state index contributed by atoms with van der Waals surface area (Å²) in [6, 6.07) is 20.0. The molecule has 2 N–H and O–H groups in total. The van der Waals surface area contributed by atoms with Crippen LogP contribution >= 0.6 is 11.6 Å². The number of hydrogen-bond acceptors (Lipinski definition) is 7. The number of carbonyl (C=O) groups excluding carboxylic acids is 3. The Kier molecular flexibility index (Phi) is 8.69. The number of amides is 2. The number of hydrazone groups is 1. The zero-order valence-corrected chi connectivity index (χ0v) is 23.4. The van der Waals surface area contributed by atoms with Crippen LogP contribution in [0.3, 0.4) is 0 Å². The van der Waals surface area contributed by atoms with Crippen LogP contribution in [0.15, 0.2) is 82.7 Å². The van der Waals surface area contributed by atoms with Gasteiger partial charge in [0.2, 0.25) is 0 Å². The Labute approximate surface area is 239 Å². The summed E-state index contributed by atoms with van der Waals surface area (Å²) in [5.41, 5.74) is 3.79. The maximum absolute atomic E-state index is 13.0. The van der Waals surface area contributed by atoms with Crippen LogP contribution in [0.2, 0.25) is 5.02 Å². The van der Waals surface area contributed by atoms with E-state index in [1.165, 1.54) is 17.9 Å². The van der Waals surface area contributed by atoms with Gasteiger partial charge < -0.3 is 14.8 Å². The van der Waals surface area contributed by atoms with Gasteiger partial charge in [-0.2, -0.15) is 5.10 Å². The normalized spacial score (nSPS) is 11.1. The summed E-state index contributed by atoms with van der Waals surface area (Å²) < 4.78 is 13.8. The molecule has 0 bridgehead atoms. The van der Waals surface area contributed by atoms with Crippen LogP contribution in [0, 0.1) is 6.92 Å². The van der Waals surface area contributed by atoms with Crippen molar-refractivity contribution >= 4 is 40.8 Å². The van der Waals surface area contributed by atoms with Crippen LogP contribution in [0.1, 0.15) is 28.5 Å². The molecule has 11 nitrogen and oxygen atoms in total. The number of ether oxygens (including phenoxy) is 2. The van der Waals surface area contributed by atoms with E-state index in [1.807, 2.05) is 6.07 Å². The first-order chi connectivity index (χ1) is 19.6. The van der Waals surface area contributed by atoms with Gasteiger partial charge in [-0.05, 0) is 56.3 Å². The van der Waals surface area contributed by atoms with E-state index in [1.54, 1.807) is 86.2 Å². The molecule has 12 heteroatoms. The Morgan fingerprint density at radius 3 is 2.29 bits per heavy atom. The van der Waals surface area contributed by atoms with E-state index in [0.717, 1.165) is 0 Å². The molecule has 0 unspecified atom stereocenters. The van der Waals surface area contributed by atoms with Crippen molar-refractivity contribution in [1.29, 1.82) is 0 Å². The van der Waals surface area contributed by atoms with Crippen molar-refractivity contribution in [1.82, 2.24) is 14.8 Å². The average Bonchev–Trinajstić information content (AvgIpc) is 3.19. The number of halogens is 1. The Balaban J connectivity index is 1.45. The maximum Gasteiger partial charge on any atom is 0.345 e. The van der Waals surface area contributed by atoms with E-state index in [4.69, 9.17) is 21.1 Å². The largest absolute Gasteiger partial charge is 0.493 e. The second kappa shape index (κ2) is 12.3. The van der Waals surface area contributed by atoms with E-state index < -0.39 is 23.3 Å². The fraction of sp³-hybridized carbons (Fsp3) is 0.138. The molecule has 1 heterocycles. The van der Waals surface area contributed by atoms with Gasteiger partial charge in [0.15, 0.2) is 11.5 Å². The van der Waals surface area contributed by atoms with Gasteiger partial charge in [0.1, 0.15) is 5.69 Å². The molecule has 41 heavy (non-hydrogen) atoms. The first-order valence-corrected chi connectivity index (χ1v) is 12.6. The molecule has 1 aromatic heterocycles. The van der Waals surface area contributed by atoms with Crippen LogP contribution < -0.4 is 25.8 Å². The quantitative estimate of drug-likeness (QED) is 0.113. The minimum atomic E-state index is -1.07. The highest BCUT2D eigenvalue weighted by molar-refractivity contribution is 6.39. The predicted molar refractivity (Wildman–Crippen MR) is 154 cm³/mol. The Bertz CT molecular complexity index is 1730. The van der Waals surface area contributed by atoms with Crippen molar-refractivity contribution in [3.8, 4) is 17.2 Å². The number of nitrogens with zero attached hydrogens (tertiary/aromatic N) is 3. The fourth-order valence-electron chi connectivity index (χ4n) is 3.89. The molecule has 0 radical (unpaired) electrons. The summed E-state index contributed by atoms with van der Waals surface area (Å²) in [5.74, 6) is -2.41. The molecule has 4 aromatic rings. The van der Waals surface area contributed by atoms with Gasteiger partial charge >= 0.3 is 17.8 Å². The second-order valence-corrected chi connectivity index (χ2v) is 9.17. The van der Waals surface area contributed by atoms with Crippen molar-refractivity contribution < 1.29 is 23.9 Å². The first-order valence-electron chi connectivity index (χ1n) is 12.3. The third kappa shape index (κ3) is 6.20. The van der Waals surface area contributed by atoms with Crippen LogP contribution in [0.5, 0.6) is 11.5 Å². The monoisotopic (exact) mass is 575 g/mol. The van der Waals surface area contributed by atoms with Gasteiger partial charge in [-0.1, -0.05) is 41.9 Å². The molecule has 0 aliphatic heterocycles. The lowest BCUT2D eigenvalue weighted by Crippen LogP contribution is -2.34. The highest BCUT2D eigenvalue weighted by Crippen LogP contribution is 2.30. The number of anilines is 1. The van der Waals surface area contributed by atoms with Crippen LogP contribution in [-0.4, -0.2) is 40.0 Å². The van der Waals surface area contributed by atoms with Crippen molar-refractivity contribution in [3.05, 3.63) is 105 Å². The lowest BCUT2D eigenvalue weighted by Gasteiger charge is -2.11. The number of benzene rings is 3. The van der Waals surface area contributed by atoms with Gasteiger partial charge in [0, 0.05) is 12.6 Å². The number of esters is 1. The molecule has 0 saturated carbocycles. The molecule has 0 saturated heterocycles. The van der Waals surface area contributed by atoms with Gasteiger partial charge in [-0.25, -0.2) is 14.9 Å². The fourth-order valence-corrected chi connectivity index (χ4v) is 4.10. The number of nitrogens with one attached hydrogen (secondary N) is 2. The van der Waals surface area contributed by atoms with E-state index >= 15 is 0 Å². The topological polar surface area (TPSA) is 133 Å². The molecule has 0 aliphatic carbocycles. The number of aromatic nitrogens is 2. The number of carbonyl (C=O) groups is 3. The summed E-state index contributed by atoms with van der Waals surface area (Å²) in [6.45, 7) is 3.25. The van der Waals surface area contributed by atoms with Crippen LogP contribution in [0.25, 0.3) is 5.69 Å². The minimum absolute atomic E-state index is 0.0242. The molecule has 0 aliphatic rings. The third-order valence-corrected chi connectivity index (χ3v) is 6.53. The lowest BCUT2D eigenvalue weighted by atomic mass is 10.1. The van der Waals surface area contributed by atoms with E-state index in [9.17, 15) is 19.2 Å². The molecular weight excluding hydrogens is 550 g/mol. The van der Waals surface area contributed by atoms with Gasteiger partial charge in [-0.3, -0.25) is 19.1 Å². The van der Waals surface area contributed by atoms with Crippen molar-refractivity contribution in [3.63, 3.8) is 0 Å². The summed E-state index contributed by atoms with van der Waals surface area (Å²) in [4.78, 5) is 50.6. The standard InChI is InChI=1S/C29H26ClN5O6/c1-17(19-14-15-23(24(16-19)40-4)41-29(39)21-12-8-9-13-22(21)30)32-33-27(37)26(36)31-25-18(2)34(3)35(28(25)38)20-10-6-5-7-11-20/h5-16H,1-4H3,(H,31,36)(H,33,37)/b32-17+. The molecule has 0 atom stereocenters. The molecule has 0 fully saturated rings. The van der Waals surface area contributed by atoms with Crippen molar-refractivity contribution in [2.75, 3.05) is 12.4 Å². The van der Waals surface area contributed by atoms with Crippen LogP contribution in [0.4, 0.5) is 5.69 Å². The molecule has 0 spiro atoms. The van der Waals surface area contributed by atoms with Gasteiger partial charge in [0.25, 0.3) is 5.56 Å². The van der Waals surface area contributed by atoms with E-state index in [0.29, 0.717) is 22.7 Å². The zero-order chi connectivity index (χ0) is 29.7. The Morgan fingerprint density at radius 1 is 0.927 bits per heavy atom. The van der Waals surface area contributed by atoms with Crippen molar-refractivity contribution in [2.24, 2.45) is 12.1 Å². The highest BCUT2D eigenvalue weighted by atomic mass is 35.5. The van der Waals surface area contributed by atoms with Crippen molar-refractivity contribution in [2.45, 2.75) is 13.8 Å². The third-order valence-electron chi connectivity index (χ3n) is 6.20. The van der Waals surface area contributed by atoms with E-state index in [-0.39, 0.29) is 27.8 Å². The number of hydrogen-bond donors (Lipinski definition) is 2. The molecule has 210 valence electrons. The smallest absolute Gasteiger partial charge is 0.345 e. The van der Waals surface area contributed by atoms with Crippen LogP contribution in [-0.2, 0) is 16.6 Å². The zero-order valence-electron chi connectivity index (χ0n) is 22.6.